The summed E-state index contributed by atoms with van der Waals surface area (Å²) in [5.74, 6) is 3.14. The number of nitrogens with zero attached hydrogens (tertiary/aromatic N) is 1. The molecule has 4 bridgehead atoms. The van der Waals surface area contributed by atoms with E-state index in [1.54, 1.807) is 0 Å². The maximum atomic E-state index is 4.62. The summed E-state index contributed by atoms with van der Waals surface area (Å²) in [5, 5.41) is 0. The Labute approximate surface area is 83.1 Å². The van der Waals surface area contributed by atoms with Gasteiger partial charge in [0.2, 0.25) is 0 Å². The number of rotatable bonds is 1. The predicted octanol–water partition coefficient (Wildman–Crippen LogP) is 2.69. The van der Waals surface area contributed by atoms with Crippen LogP contribution in [0.25, 0.3) is 0 Å². The SMILES string of the molecule is [V]=[N]C12CC3CC(CC(C3)C1)C2. The number of hydrogen-bond acceptors (Lipinski definition) is 1. The van der Waals surface area contributed by atoms with E-state index in [2.05, 4.69) is 21.0 Å². The van der Waals surface area contributed by atoms with Gasteiger partial charge in [0, 0.05) is 0 Å². The normalized spacial score (nSPS) is 55.8. The van der Waals surface area contributed by atoms with E-state index in [0.29, 0.717) is 5.54 Å². The zero-order valence-corrected chi connectivity index (χ0v) is 8.77. The van der Waals surface area contributed by atoms with Crippen LogP contribution in [0.4, 0.5) is 0 Å². The molecule has 4 aliphatic carbocycles. The van der Waals surface area contributed by atoms with Crippen molar-refractivity contribution in [2.75, 3.05) is 0 Å². The Morgan fingerprint density at radius 2 is 1.33 bits per heavy atom. The van der Waals surface area contributed by atoms with Gasteiger partial charge in [0.05, 0.1) is 0 Å². The molecule has 0 saturated heterocycles. The summed E-state index contributed by atoms with van der Waals surface area (Å²) in [6, 6.07) is 0. The molecular weight excluding hydrogens is 185 g/mol. The van der Waals surface area contributed by atoms with Crippen molar-refractivity contribution in [2.45, 2.75) is 44.1 Å². The van der Waals surface area contributed by atoms with E-state index in [9.17, 15) is 0 Å². The molecule has 2 heteroatoms. The molecule has 0 radical (unpaired) electrons. The molecule has 0 aliphatic heterocycles. The van der Waals surface area contributed by atoms with E-state index in [1.807, 2.05) is 0 Å². The molecule has 0 unspecified atom stereocenters. The van der Waals surface area contributed by atoms with Crippen molar-refractivity contribution in [1.29, 1.82) is 0 Å². The van der Waals surface area contributed by atoms with Gasteiger partial charge < -0.3 is 0 Å². The zero-order valence-electron chi connectivity index (χ0n) is 7.37. The average molecular weight is 200 g/mol. The monoisotopic (exact) mass is 200 g/mol. The van der Waals surface area contributed by atoms with Crippen molar-refractivity contribution in [3.8, 4) is 0 Å². The van der Waals surface area contributed by atoms with E-state index < -0.39 is 0 Å². The Bertz CT molecular complexity index is 189. The fraction of sp³-hybridized carbons (Fsp3) is 1.00. The van der Waals surface area contributed by atoms with Gasteiger partial charge in [-0.1, -0.05) is 0 Å². The van der Waals surface area contributed by atoms with Crippen LogP contribution in [0.3, 0.4) is 0 Å². The first kappa shape index (κ1) is 7.76. The van der Waals surface area contributed by atoms with Gasteiger partial charge in [0.25, 0.3) is 0 Å². The third-order valence-corrected chi connectivity index (χ3v) is 4.88. The molecule has 12 heavy (non-hydrogen) atoms. The van der Waals surface area contributed by atoms with Crippen molar-refractivity contribution in [1.82, 2.24) is 0 Å². The fourth-order valence-electron chi connectivity index (χ4n) is 4.19. The van der Waals surface area contributed by atoms with Crippen LogP contribution < -0.4 is 0 Å². The molecule has 4 saturated carbocycles. The summed E-state index contributed by atoms with van der Waals surface area (Å²) in [7, 11) is 0. The molecule has 0 heterocycles. The standard InChI is InChI=1S/C10H15N.V/c11-10-4-7-1-8(5-10)3-9(2-7)6-10;/h7-9H,1-6H2;. The van der Waals surface area contributed by atoms with E-state index in [0.717, 1.165) is 17.8 Å². The van der Waals surface area contributed by atoms with Crippen LogP contribution in [-0.2, 0) is 17.2 Å². The first-order valence-electron chi connectivity index (χ1n) is 5.16. The van der Waals surface area contributed by atoms with Crippen LogP contribution in [-0.4, -0.2) is 5.54 Å². The topological polar surface area (TPSA) is 12.4 Å². The van der Waals surface area contributed by atoms with Gasteiger partial charge in [-0.05, 0) is 0 Å². The van der Waals surface area contributed by atoms with E-state index in [-0.39, 0.29) is 0 Å². The Morgan fingerprint density at radius 1 is 0.917 bits per heavy atom. The molecule has 4 aliphatic rings. The van der Waals surface area contributed by atoms with Gasteiger partial charge in [-0.15, -0.1) is 0 Å². The third-order valence-electron chi connectivity index (χ3n) is 4.22. The third kappa shape index (κ3) is 0.991. The Balaban J connectivity index is 1.95. The summed E-state index contributed by atoms with van der Waals surface area (Å²) >= 11 is 2.49. The molecule has 4 fully saturated rings. The maximum absolute atomic E-state index is 4.62. The molecule has 1 nitrogen and oxygen atoms in total. The van der Waals surface area contributed by atoms with Crippen LogP contribution >= 0.6 is 0 Å². The van der Waals surface area contributed by atoms with Gasteiger partial charge in [0.15, 0.2) is 0 Å². The van der Waals surface area contributed by atoms with Gasteiger partial charge >= 0.3 is 82.8 Å². The average Bonchev–Trinajstić information content (AvgIpc) is 2.02. The summed E-state index contributed by atoms with van der Waals surface area (Å²) in [6.45, 7) is 0. The van der Waals surface area contributed by atoms with Gasteiger partial charge in [0.1, 0.15) is 0 Å². The van der Waals surface area contributed by atoms with Crippen LogP contribution in [0.1, 0.15) is 38.5 Å². The van der Waals surface area contributed by atoms with Gasteiger partial charge in [-0.3, -0.25) is 0 Å². The van der Waals surface area contributed by atoms with Crippen molar-refractivity contribution in [3.63, 3.8) is 0 Å². The minimum absolute atomic E-state index is 0.439. The van der Waals surface area contributed by atoms with Crippen LogP contribution in [0.2, 0.25) is 0 Å². The van der Waals surface area contributed by atoms with Crippen molar-refractivity contribution in [2.24, 2.45) is 21.5 Å². The van der Waals surface area contributed by atoms with Crippen molar-refractivity contribution in [3.05, 3.63) is 0 Å². The van der Waals surface area contributed by atoms with Gasteiger partial charge in [-0.25, -0.2) is 0 Å². The summed E-state index contributed by atoms with van der Waals surface area (Å²) in [5.41, 5.74) is 0.439. The Kier molecular flexibility index (Phi) is 1.58. The van der Waals surface area contributed by atoms with Crippen LogP contribution in [0.5, 0.6) is 0 Å². The second kappa shape index (κ2) is 2.45. The molecule has 65 valence electrons. The second-order valence-electron chi connectivity index (χ2n) is 5.24. The van der Waals surface area contributed by atoms with Gasteiger partial charge in [-0.2, -0.15) is 0 Å². The minimum atomic E-state index is 0.439. The van der Waals surface area contributed by atoms with Crippen LogP contribution in [0.15, 0.2) is 3.79 Å². The molecular formula is C10H15NV. The predicted molar refractivity (Wildman–Crippen MR) is 43.3 cm³/mol. The van der Waals surface area contributed by atoms with E-state index >= 15 is 0 Å². The molecule has 0 N–H and O–H groups in total. The zero-order chi connectivity index (χ0) is 8.18. The quantitative estimate of drug-likeness (QED) is 0.617. The van der Waals surface area contributed by atoms with E-state index in [1.165, 1.54) is 38.5 Å². The molecule has 0 spiro atoms. The van der Waals surface area contributed by atoms with Crippen LogP contribution in [0, 0.1) is 17.8 Å². The Morgan fingerprint density at radius 3 is 1.67 bits per heavy atom. The van der Waals surface area contributed by atoms with E-state index in [4.69, 9.17) is 0 Å². The summed E-state index contributed by atoms with van der Waals surface area (Å²) < 4.78 is 4.62. The molecule has 0 aromatic rings. The molecule has 0 aromatic carbocycles. The number of hydrogen-bond donors (Lipinski definition) is 0. The molecule has 4 rings (SSSR count). The first-order valence-corrected chi connectivity index (χ1v) is 5.78. The molecule has 0 amide bonds. The van der Waals surface area contributed by atoms with Crippen molar-refractivity contribution >= 4 is 0 Å². The summed E-state index contributed by atoms with van der Waals surface area (Å²) in [4.78, 5) is 0. The molecule has 0 aromatic heterocycles. The molecule has 0 atom stereocenters. The second-order valence-corrected chi connectivity index (χ2v) is 5.55. The first-order chi connectivity index (χ1) is 5.80. The fourth-order valence-corrected chi connectivity index (χ4v) is 4.57. The van der Waals surface area contributed by atoms with Crippen molar-refractivity contribution < 1.29 is 17.2 Å². The Hall–Kier alpha value is 0.384. The summed E-state index contributed by atoms with van der Waals surface area (Å²) in [6.07, 6.45) is 8.82.